The Morgan fingerprint density at radius 2 is 1.81 bits per heavy atom. The number of ether oxygens (including phenoxy) is 2. The van der Waals surface area contributed by atoms with E-state index in [0.29, 0.717) is 13.1 Å². The number of hydrogen-bond acceptors (Lipinski definition) is 4. The smallest absolute Gasteiger partial charge is 0.410 e. The van der Waals surface area contributed by atoms with Crippen molar-refractivity contribution in [2.24, 2.45) is 0 Å². The van der Waals surface area contributed by atoms with Gasteiger partial charge in [0.25, 0.3) is 0 Å². The largest absolute Gasteiger partial charge is 0.445 e. The van der Waals surface area contributed by atoms with Crippen LogP contribution in [-0.4, -0.2) is 52.8 Å². The minimum absolute atomic E-state index is 0.00891. The van der Waals surface area contributed by atoms with Crippen LogP contribution in [0.3, 0.4) is 0 Å². The first-order chi connectivity index (χ1) is 12.8. The zero-order chi connectivity index (χ0) is 19.4. The summed E-state index contributed by atoms with van der Waals surface area (Å²) in [5, 5.41) is 0. The molecule has 2 aliphatic rings. The summed E-state index contributed by atoms with van der Waals surface area (Å²) >= 11 is 0. The second kappa shape index (κ2) is 8.19. The molecule has 1 aliphatic carbocycles. The van der Waals surface area contributed by atoms with Crippen molar-refractivity contribution in [1.29, 1.82) is 0 Å². The Bertz CT molecular complexity index is 652. The summed E-state index contributed by atoms with van der Waals surface area (Å²) in [6.45, 7) is 7.07. The summed E-state index contributed by atoms with van der Waals surface area (Å²) < 4.78 is 11.1. The van der Waals surface area contributed by atoms with Gasteiger partial charge in [0, 0.05) is 19.1 Å². The summed E-state index contributed by atoms with van der Waals surface area (Å²) in [5.41, 5.74) is 0.445. The average Bonchev–Trinajstić information content (AvgIpc) is 3.44. The molecule has 1 atom stereocenters. The zero-order valence-electron chi connectivity index (χ0n) is 16.5. The van der Waals surface area contributed by atoms with Gasteiger partial charge in [0.05, 0.1) is 6.04 Å². The van der Waals surface area contributed by atoms with Crippen molar-refractivity contribution in [3.63, 3.8) is 0 Å². The SMILES string of the molecule is CC(C)(C)OC(=O)N(C1CC1)[C@H]1CCCN(C(=O)OCc2ccccc2)C1. The molecule has 2 fully saturated rings. The number of carbonyl (C=O) groups is 2. The fourth-order valence-corrected chi connectivity index (χ4v) is 3.42. The van der Waals surface area contributed by atoms with E-state index in [9.17, 15) is 9.59 Å². The number of nitrogens with zero attached hydrogens (tertiary/aromatic N) is 2. The highest BCUT2D eigenvalue weighted by molar-refractivity contribution is 5.70. The van der Waals surface area contributed by atoms with Crippen LogP contribution in [-0.2, 0) is 16.1 Å². The van der Waals surface area contributed by atoms with Crippen LogP contribution < -0.4 is 0 Å². The molecular formula is C21H30N2O4. The van der Waals surface area contributed by atoms with Gasteiger partial charge in [-0.25, -0.2) is 9.59 Å². The molecule has 0 unspecified atom stereocenters. The Morgan fingerprint density at radius 3 is 2.44 bits per heavy atom. The molecule has 2 amide bonds. The Hall–Kier alpha value is -2.24. The van der Waals surface area contributed by atoms with Gasteiger partial charge in [-0.05, 0) is 52.0 Å². The summed E-state index contributed by atoms with van der Waals surface area (Å²) in [7, 11) is 0. The van der Waals surface area contributed by atoms with Gasteiger partial charge in [-0.2, -0.15) is 0 Å². The van der Waals surface area contributed by atoms with Gasteiger partial charge < -0.3 is 19.3 Å². The number of amides is 2. The number of rotatable bonds is 4. The van der Waals surface area contributed by atoms with E-state index in [1.807, 2.05) is 56.0 Å². The highest BCUT2D eigenvalue weighted by Crippen LogP contribution is 2.33. The minimum atomic E-state index is -0.521. The van der Waals surface area contributed by atoms with E-state index in [2.05, 4.69) is 0 Å². The third-order valence-electron chi connectivity index (χ3n) is 4.80. The lowest BCUT2D eigenvalue weighted by Gasteiger charge is -2.39. The minimum Gasteiger partial charge on any atom is -0.445 e. The lowest BCUT2D eigenvalue weighted by molar-refractivity contribution is 0.00247. The van der Waals surface area contributed by atoms with Crippen molar-refractivity contribution in [3.05, 3.63) is 35.9 Å². The van der Waals surface area contributed by atoms with Crippen molar-refractivity contribution in [1.82, 2.24) is 9.80 Å². The van der Waals surface area contributed by atoms with E-state index >= 15 is 0 Å². The fourth-order valence-electron chi connectivity index (χ4n) is 3.42. The third-order valence-corrected chi connectivity index (χ3v) is 4.80. The average molecular weight is 374 g/mol. The monoisotopic (exact) mass is 374 g/mol. The van der Waals surface area contributed by atoms with Gasteiger partial charge >= 0.3 is 12.2 Å². The molecule has 1 saturated heterocycles. The predicted molar refractivity (Wildman–Crippen MR) is 102 cm³/mol. The molecule has 1 aliphatic heterocycles. The van der Waals surface area contributed by atoms with Gasteiger partial charge in [0.15, 0.2) is 0 Å². The van der Waals surface area contributed by atoms with Crippen LogP contribution >= 0.6 is 0 Å². The molecule has 27 heavy (non-hydrogen) atoms. The Morgan fingerprint density at radius 1 is 1.11 bits per heavy atom. The van der Waals surface area contributed by atoms with Gasteiger partial charge in [-0.15, -0.1) is 0 Å². The van der Waals surface area contributed by atoms with Crippen LogP contribution in [0.4, 0.5) is 9.59 Å². The van der Waals surface area contributed by atoms with Crippen LogP contribution in [0.25, 0.3) is 0 Å². The summed E-state index contributed by atoms with van der Waals surface area (Å²) in [6, 6.07) is 9.88. The van der Waals surface area contributed by atoms with E-state index < -0.39 is 5.60 Å². The van der Waals surface area contributed by atoms with Gasteiger partial charge in [-0.1, -0.05) is 30.3 Å². The number of hydrogen-bond donors (Lipinski definition) is 0. The Labute approximate surface area is 161 Å². The van der Waals surface area contributed by atoms with Gasteiger partial charge in [0.2, 0.25) is 0 Å². The van der Waals surface area contributed by atoms with Crippen LogP contribution in [0.1, 0.15) is 52.0 Å². The lowest BCUT2D eigenvalue weighted by atomic mass is 10.0. The molecule has 6 nitrogen and oxygen atoms in total. The first-order valence-corrected chi connectivity index (χ1v) is 9.80. The number of piperidine rings is 1. The second-order valence-corrected chi connectivity index (χ2v) is 8.40. The van der Waals surface area contributed by atoms with Gasteiger partial charge in [-0.3, -0.25) is 0 Å². The maximum atomic E-state index is 12.7. The van der Waals surface area contributed by atoms with E-state index in [1.165, 1.54) is 0 Å². The summed E-state index contributed by atoms with van der Waals surface area (Å²) in [5.74, 6) is 0. The molecule has 3 rings (SSSR count). The molecule has 1 heterocycles. The normalized spacial score (nSPS) is 20.1. The number of benzene rings is 1. The number of carbonyl (C=O) groups excluding carboxylic acids is 2. The molecular weight excluding hydrogens is 344 g/mol. The summed E-state index contributed by atoms with van der Waals surface area (Å²) in [4.78, 5) is 28.8. The van der Waals surface area contributed by atoms with Gasteiger partial charge in [0.1, 0.15) is 12.2 Å². The molecule has 1 saturated carbocycles. The molecule has 148 valence electrons. The maximum Gasteiger partial charge on any atom is 0.410 e. The molecule has 0 spiro atoms. The molecule has 1 aromatic carbocycles. The maximum absolute atomic E-state index is 12.7. The molecule has 0 aromatic heterocycles. The molecule has 6 heteroatoms. The van der Waals surface area contributed by atoms with Crippen molar-refractivity contribution in [3.8, 4) is 0 Å². The third kappa shape index (κ3) is 5.62. The first-order valence-electron chi connectivity index (χ1n) is 9.80. The van der Waals surface area contributed by atoms with E-state index in [4.69, 9.17) is 9.47 Å². The van der Waals surface area contributed by atoms with Crippen molar-refractivity contribution in [2.45, 2.75) is 70.7 Å². The highest BCUT2D eigenvalue weighted by atomic mass is 16.6. The van der Waals surface area contributed by atoms with Crippen LogP contribution in [0.15, 0.2) is 30.3 Å². The van der Waals surface area contributed by atoms with E-state index in [1.54, 1.807) is 4.90 Å². The topological polar surface area (TPSA) is 59.1 Å². The Kier molecular flexibility index (Phi) is 5.92. The highest BCUT2D eigenvalue weighted by Gasteiger charge is 2.41. The van der Waals surface area contributed by atoms with Crippen molar-refractivity contribution in [2.75, 3.05) is 13.1 Å². The first kappa shape index (κ1) is 19.5. The molecule has 1 aromatic rings. The zero-order valence-corrected chi connectivity index (χ0v) is 16.5. The summed E-state index contributed by atoms with van der Waals surface area (Å²) in [6.07, 6.45) is 3.18. The Balaban J connectivity index is 1.58. The molecule has 0 radical (unpaired) electrons. The molecule has 0 bridgehead atoms. The van der Waals surface area contributed by atoms with Crippen molar-refractivity contribution >= 4 is 12.2 Å². The fraction of sp³-hybridized carbons (Fsp3) is 0.619. The van der Waals surface area contributed by atoms with Crippen LogP contribution in [0, 0.1) is 0 Å². The van der Waals surface area contributed by atoms with Crippen LogP contribution in [0.5, 0.6) is 0 Å². The standard InChI is InChI=1S/C21H30N2O4/c1-21(2,3)27-20(25)23(17-11-12-17)18-10-7-13-22(14-18)19(24)26-15-16-8-5-4-6-9-16/h4-6,8-9,17-18H,7,10-15H2,1-3H3/t18-/m0/s1. The van der Waals surface area contributed by atoms with Crippen molar-refractivity contribution < 1.29 is 19.1 Å². The van der Waals surface area contributed by atoms with E-state index in [-0.39, 0.29) is 30.9 Å². The van der Waals surface area contributed by atoms with Crippen LogP contribution in [0.2, 0.25) is 0 Å². The lowest BCUT2D eigenvalue weighted by Crippen LogP contribution is -2.53. The molecule has 0 N–H and O–H groups in total. The quantitative estimate of drug-likeness (QED) is 0.793. The van der Waals surface area contributed by atoms with E-state index in [0.717, 1.165) is 31.2 Å². The second-order valence-electron chi connectivity index (χ2n) is 8.40. The number of likely N-dealkylation sites (tertiary alicyclic amines) is 1. The predicted octanol–water partition coefficient (Wildman–Crippen LogP) is 4.19.